The topological polar surface area (TPSA) is 118 Å². The molecule has 1 heterocycles. The Bertz CT molecular complexity index is 1420. The maximum absolute atomic E-state index is 13.0. The van der Waals surface area contributed by atoms with E-state index >= 15 is 0 Å². The third-order valence-corrected chi connectivity index (χ3v) is 6.73. The minimum absolute atomic E-state index is 0.00589. The van der Waals surface area contributed by atoms with Crippen LogP contribution in [0.15, 0.2) is 65.6 Å². The number of hydrogen-bond acceptors (Lipinski definition) is 4. The van der Waals surface area contributed by atoms with Gasteiger partial charge in [0, 0.05) is 23.1 Å². The highest BCUT2D eigenvalue weighted by Crippen LogP contribution is 2.28. The molecule has 0 saturated heterocycles. The number of benzene rings is 3. The molecule has 170 valence electrons. The summed E-state index contributed by atoms with van der Waals surface area (Å²) < 4.78 is 23.5. The largest absolute Gasteiger partial charge is 0.348 e. The Morgan fingerprint density at radius 2 is 1.70 bits per heavy atom. The van der Waals surface area contributed by atoms with Crippen molar-refractivity contribution in [3.63, 3.8) is 0 Å². The van der Waals surface area contributed by atoms with Crippen LogP contribution in [-0.2, 0) is 29.4 Å². The second-order valence-corrected chi connectivity index (χ2v) is 9.41. The molecule has 1 aromatic heterocycles. The molecular formula is C25H26N4O3S. The van der Waals surface area contributed by atoms with E-state index in [9.17, 15) is 13.2 Å². The van der Waals surface area contributed by atoms with Gasteiger partial charge < -0.3 is 5.32 Å². The van der Waals surface area contributed by atoms with Gasteiger partial charge in [0.2, 0.25) is 10.0 Å². The Hall–Kier alpha value is -3.49. The summed E-state index contributed by atoms with van der Waals surface area (Å²) in [4.78, 5) is 13.0. The van der Waals surface area contributed by atoms with Gasteiger partial charge in [-0.05, 0) is 59.9 Å². The van der Waals surface area contributed by atoms with Crippen molar-refractivity contribution in [2.24, 2.45) is 5.14 Å². The molecule has 3 aromatic carbocycles. The minimum atomic E-state index is -3.84. The maximum Gasteiger partial charge on any atom is 0.251 e. The molecule has 0 atom stereocenters. The normalized spacial score (nSPS) is 11.6. The lowest BCUT2D eigenvalue weighted by atomic mass is 9.97. The van der Waals surface area contributed by atoms with E-state index in [0.717, 1.165) is 23.7 Å². The highest BCUT2D eigenvalue weighted by atomic mass is 32.2. The number of nitrogens with two attached hydrogens (primary N) is 1. The summed E-state index contributed by atoms with van der Waals surface area (Å²) in [6.07, 6.45) is 1.81. The maximum atomic E-state index is 13.0. The molecule has 33 heavy (non-hydrogen) atoms. The first kappa shape index (κ1) is 22.7. The SMILES string of the molecule is CCc1cccc(CC)c1CNC(=O)c1ccc2[nH]nc(-c3cccc(S(N)(=O)=O)c3)c2c1. The number of aromatic nitrogens is 2. The van der Waals surface area contributed by atoms with Crippen LogP contribution in [-0.4, -0.2) is 24.5 Å². The van der Waals surface area contributed by atoms with Gasteiger partial charge in [-0.25, -0.2) is 13.6 Å². The van der Waals surface area contributed by atoms with E-state index in [-0.39, 0.29) is 10.8 Å². The molecule has 4 N–H and O–H groups in total. The fourth-order valence-corrected chi connectivity index (χ4v) is 4.60. The van der Waals surface area contributed by atoms with E-state index in [1.54, 1.807) is 30.3 Å². The number of amides is 1. The second-order valence-electron chi connectivity index (χ2n) is 7.85. The van der Waals surface area contributed by atoms with Crippen LogP contribution in [0, 0.1) is 0 Å². The van der Waals surface area contributed by atoms with Crippen molar-refractivity contribution in [2.75, 3.05) is 0 Å². The van der Waals surface area contributed by atoms with Gasteiger partial charge in [0.15, 0.2) is 0 Å². The predicted octanol–water partition coefficient (Wildman–Crippen LogP) is 3.93. The summed E-state index contributed by atoms with van der Waals surface area (Å²) >= 11 is 0. The minimum Gasteiger partial charge on any atom is -0.348 e. The summed E-state index contributed by atoms with van der Waals surface area (Å²) in [5.41, 5.74) is 6.02. The molecule has 4 rings (SSSR count). The number of aromatic amines is 1. The third-order valence-electron chi connectivity index (χ3n) is 5.82. The zero-order valence-electron chi connectivity index (χ0n) is 18.6. The van der Waals surface area contributed by atoms with Crippen LogP contribution >= 0.6 is 0 Å². The van der Waals surface area contributed by atoms with E-state index in [0.29, 0.717) is 23.4 Å². The summed E-state index contributed by atoms with van der Waals surface area (Å²) in [6, 6.07) is 17.8. The van der Waals surface area contributed by atoms with Gasteiger partial charge in [-0.3, -0.25) is 9.89 Å². The Balaban J connectivity index is 1.64. The Morgan fingerprint density at radius 3 is 2.36 bits per heavy atom. The predicted molar refractivity (Wildman–Crippen MR) is 129 cm³/mol. The first-order chi connectivity index (χ1) is 15.8. The zero-order chi connectivity index (χ0) is 23.6. The number of aryl methyl sites for hydroxylation is 2. The molecule has 0 saturated carbocycles. The van der Waals surface area contributed by atoms with E-state index < -0.39 is 10.0 Å². The molecule has 0 bridgehead atoms. The molecule has 0 fully saturated rings. The lowest BCUT2D eigenvalue weighted by molar-refractivity contribution is 0.0951. The highest BCUT2D eigenvalue weighted by Gasteiger charge is 2.15. The molecule has 8 heteroatoms. The number of carbonyl (C=O) groups excluding carboxylic acids is 1. The fourth-order valence-electron chi connectivity index (χ4n) is 4.04. The molecule has 4 aromatic rings. The van der Waals surface area contributed by atoms with Crippen LogP contribution in [0.5, 0.6) is 0 Å². The number of H-pyrrole nitrogens is 1. The average Bonchev–Trinajstić information content (AvgIpc) is 3.25. The van der Waals surface area contributed by atoms with Gasteiger partial charge in [0.25, 0.3) is 5.91 Å². The summed E-state index contributed by atoms with van der Waals surface area (Å²) in [6.45, 7) is 4.68. The zero-order valence-corrected chi connectivity index (χ0v) is 19.4. The average molecular weight is 463 g/mol. The smallest absolute Gasteiger partial charge is 0.251 e. The van der Waals surface area contributed by atoms with Gasteiger partial charge in [-0.2, -0.15) is 5.10 Å². The Kier molecular flexibility index (Phi) is 6.31. The number of sulfonamides is 1. The number of nitrogens with one attached hydrogen (secondary N) is 2. The quantitative estimate of drug-likeness (QED) is 0.386. The number of primary sulfonamides is 1. The number of fused-ring (bicyclic) bond motifs is 1. The van der Waals surface area contributed by atoms with Crippen molar-refractivity contribution in [1.29, 1.82) is 0 Å². The third kappa shape index (κ3) is 4.67. The molecule has 1 amide bonds. The second kappa shape index (κ2) is 9.17. The monoisotopic (exact) mass is 462 g/mol. The summed E-state index contributed by atoms with van der Waals surface area (Å²) in [5.74, 6) is -0.185. The van der Waals surface area contributed by atoms with Crippen LogP contribution in [0.1, 0.15) is 40.9 Å². The van der Waals surface area contributed by atoms with Gasteiger partial charge in [0.05, 0.1) is 16.1 Å². The molecule has 0 spiro atoms. The summed E-state index contributed by atoms with van der Waals surface area (Å²) in [5, 5.41) is 16.3. The first-order valence-corrected chi connectivity index (χ1v) is 12.4. The fraction of sp³-hybridized carbons (Fsp3) is 0.200. The Morgan fingerprint density at radius 1 is 1.00 bits per heavy atom. The number of rotatable bonds is 7. The molecule has 0 aliphatic rings. The number of hydrogen-bond donors (Lipinski definition) is 3. The van der Waals surface area contributed by atoms with E-state index in [1.807, 2.05) is 0 Å². The van der Waals surface area contributed by atoms with Crippen molar-refractivity contribution in [2.45, 2.75) is 38.1 Å². The molecule has 0 radical (unpaired) electrons. The van der Waals surface area contributed by atoms with Crippen molar-refractivity contribution in [3.05, 3.63) is 82.9 Å². The van der Waals surface area contributed by atoms with E-state index in [4.69, 9.17) is 5.14 Å². The van der Waals surface area contributed by atoms with Gasteiger partial charge in [-0.15, -0.1) is 0 Å². The van der Waals surface area contributed by atoms with Crippen LogP contribution < -0.4 is 10.5 Å². The molecule has 0 aliphatic heterocycles. The van der Waals surface area contributed by atoms with Crippen molar-refractivity contribution < 1.29 is 13.2 Å². The van der Waals surface area contributed by atoms with Gasteiger partial charge >= 0.3 is 0 Å². The first-order valence-electron chi connectivity index (χ1n) is 10.8. The van der Waals surface area contributed by atoms with Crippen molar-refractivity contribution in [1.82, 2.24) is 15.5 Å². The summed E-state index contributed by atoms with van der Waals surface area (Å²) in [7, 11) is -3.84. The van der Waals surface area contributed by atoms with Crippen LogP contribution in [0.2, 0.25) is 0 Å². The van der Waals surface area contributed by atoms with E-state index in [1.165, 1.54) is 28.8 Å². The molecule has 7 nitrogen and oxygen atoms in total. The van der Waals surface area contributed by atoms with E-state index in [2.05, 4.69) is 47.6 Å². The number of nitrogens with zero attached hydrogens (tertiary/aromatic N) is 1. The van der Waals surface area contributed by atoms with Crippen molar-refractivity contribution in [3.8, 4) is 11.3 Å². The van der Waals surface area contributed by atoms with Crippen LogP contribution in [0.25, 0.3) is 22.2 Å². The Labute approximate surface area is 193 Å². The lowest BCUT2D eigenvalue weighted by Crippen LogP contribution is -2.24. The van der Waals surface area contributed by atoms with Crippen LogP contribution in [0.4, 0.5) is 0 Å². The highest BCUT2D eigenvalue weighted by molar-refractivity contribution is 7.89. The van der Waals surface area contributed by atoms with Crippen molar-refractivity contribution >= 4 is 26.8 Å². The number of carbonyl (C=O) groups is 1. The lowest BCUT2D eigenvalue weighted by Gasteiger charge is -2.14. The molecule has 0 aliphatic carbocycles. The molecular weight excluding hydrogens is 436 g/mol. The van der Waals surface area contributed by atoms with Gasteiger partial charge in [-0.1, -0.05) is 44.2 Å². The standard InChI is InChI=1S/C25H26N4O3S/c1-3-16-7-5-8-17(4-2)22(16)15-27-25(30)19-11-12-23-21(14-19)24(29-28-23)18-9-6-10-20(13-18)33(26,31)32/h5-14H,3-4,15H2,1-2H3,(H,27,30)(H,28,29)(H2,26,31,32). The molecule has 0 unspecified atom stereocenters. The van der Waals surface area contributed by atoms with Gasteiger partial charge in [0.1, 0.15) is 0 Å². The van der Waals surface area contributed by atoms with Crippen LogP contribution in [0.3, 0.4) is 0 Å².